The van der Waals surface area contributed by atoms with Gasteiger partial charge in [0.25, 0.3) is 0 Å². The van der Waals surface area contributed by atoms with Gasteiger partial charge in [0.1, 0.15) is 0 Å². The Morgan fingerprint density at radius 3 is 0.340 bits per heavy atom. The van der Waals surface area contributed by atoms with E-state index in [2.05, 4.69) is 23.7 Å². The number of rotatable bonds is 20. The maximum atomic E-state index is 9.53. The number of aliphatic carboxylic acids is 10. The first-order chi connectivity index (χ1) is 20.6. The summed E-state index contributed by atoms with van der Waals surface area (Å²) in [5.74, 6) is -14.5. The maximum Gasteiger partial charge on any atom is 5.00 e. The van der Waals surface area contributed by atoms with Crippen LogP contribution in [0.5, 0.6) is 0 Å². The van der Waals surface area contributed by atoms with Crippen molar-refractivity contribution in [3.05, 3.63) is 0 Å². The van der Waals surface area contributed by atoms with Crippen molar-refractivity contribution in [2.45, 2.75) is 0 Å². The molecule has 0 heterocycles. The monoisotopic (exact) mass is 762 g/mol. The van der Waals surface area contributed by atoms with Gasteiger partial charge in [0.15, 0.2) is 0 Å². The Balaban J connectivity index is -0.0000000842. The molecule has 0 aliphatic carbocycles. The van der Waals surface area contributed by atoms with Gasteiger partial charge in [0.05, 0.1) is 126 Å². The fourth-order valence-electron chi connectivity index (χ4n) is 1.09. The minimum atomic E-state index is -1.45. The van der Waals surface area contributed by atoms with Crippen LogP contribution in [0.4, 0.5) is 0 Å². The van der Waals surface area contributed by atoms with Crippen LogP contribution < -0.4 is 51.1 Å². The second kappa shape index (κ2) is 41.7. The van der Waals surface area contributed by atoms with Crippen molar-refractivity contribution in [2.24, 2.45) is 0 Å². The molecule has 47 heavy (non-hydrogen) atoms. The van der Waals surface area contributed by atoms with Crippen molar-refractivity contribution in [2.75, 3.05) is 66.1 Å². The Hall–Kier alpha value is -4.33. The third kappa shape index (κ3) is 99.5. The molecule has 0 bridgehead atoms. The number of hydrogen-bond donors (Lipinski definition) is 0. The molecule has 0 aromatic rings. The Bertz CT molecular complexity index is 707. The van der Waals surface area contributed by atoms with E-state index in [0.717, 1.165) is 0 Å². The second-order valence-corrected chi connectivity index (χ2v) is 6.18. The minimum Gasteiger partial charge on any atom is -0.548 e. The zero-order chi connectivity index (χ0) is 36.4. The molecular weight excluding hydrogens is 742 g/mol. The van der Waals surface area contributed by atoms with Gasteiger partial charge in [-0.05, 0) is 0 Å². The van der Waals surface area contributed by atoms with E-state index in [4.69, 9.17) is 0 Å². The molecule has 0 aromatic carbocycles. The van der Waals surface area contributed by atoms with Crippen LogP contribution in [0.15, 0.2) is 0 Å². The molecular formula is C20H20O25V2. The summed E-state index contributed by atoms with van der Waals surface area (Å²) in [5.41, 5.74) is 0. The van der Waals surface area contributed by atoms with Gasteiger partial charge in [-0.2, -0.15) is 0 Å². The van der Waals surface area contributed by atoms with E-state index in [1.54, 1.807) is 0 Å². The molecule has 0 radical (unpaired) electrons. The normalized spacial score (nSPS) is 8.51. The standard InChI is InChI=1S/5C4H6O5.2V/c5*5-3(6)1-9-2-4(7)8;;/h5*1-2H2,(H,5,6)(H,7,8);;/q;;;;;2*+5/p-10. The Kier molecular flexibility index (Phi) is 51.6. The van der Waals surface area contributed by atoms with Gasteiger partial charge in [-0.15, -0.1) is 0 Å². The van der Waals surface area contributed by atoms with Crippen molar-refractivity contribution in [1.29, 1.82) is 0 Å². The zero-order valence-electron chi connectivity index (χ0n) is 23.2. The quantitative estimate of drug-likeness (QED) is 0.111. The summed E-state index contributed by atoms with van der Waals surface area (Å²) in [6.45, 7) is -7.14. The largest absolute Gasteiger partial charge is 5.00 e. The van der Waals surface area contributed by atoms with Gasteiger partial charge in [-0.3, -0.25) is 0 Å². The number of carboxylic acid groups (broad SMARTS) is 10. The van der Waals surface area contributed by atoms with Gasteiger partial charge in [-0.1, -0.05) is 0 Å². The van der Waals surface area contributed by atoms with E-state index < -0.39 is 126 Å². The Morgan fingerprint density at radius 1 is 0.234 bits per heavy atom. The first-order valence-corrected chi connectivity index (χ1v) is 10.5. The van der Waals surface area contributed by atoms with Crippen LogP contribution in [-0.2, 0) is 109 Å². The van der Waals surface area contributed by atoms with Gasteiger partial charge >= 0.3 is 37.1 Å². The molecule has 0 aliphatic heterocycles. The average molecular weight is 762 g/mol. The summed E-state index contributed by atoms with van der Waals surface area (Å²) in [4.78, 5) is 95.3. The van der Waals surface area contributed by atoms with Crippen LogP contribution in [-0.4, -0.2) is 126 Å². The minimum absolute atomic E-state index is 0. The first-order valence-electron chi connectivity index (χ1n) is 10.5. The van der Waals surface area contributed by atoms with E-state index in [9.17, 15) is 99.0 Å². The molecule has 260 valence electrons. The Morgan fingerprint density at radius 2 is 0.298 bits per heavy atom. The van der Waals surface area contributed by atoms with Gasteiger partial charge in [-0.25, -0.2) is 0 Å². The SMILES string of the molecule is O=C([O-])COCC(=O)[O-].O=C([O-])COCC(=O)[O-].O=C([O-])COCC(=O)[O-].O=C([O-])COCC(=O)[O-].O=C([O-])COCC(=O)[O-].[V+5].[V+5]. The molecule has 0 atom stereocenters. The van der Waals surface area contributed by atoms with Crippen molar-refractivity contribution in [3.63, 3.8) is 0 Å². The van der Waals surface area contributed by atoms with Crippen molar-refractivity contribution in [1.82, 2.24) is 0 Å². The molecule has 25 nitrogen and oxygen atoms in total. The van der Waals surface area contributed by atoms with Crippen molar-refractivity contribution in [3.8, 4) is 0 Å². The van der Waals surface area contributed by atoms with Gasteiger partial charge in [0, 0.05) is 0 Å². The summed E-state index contributed by atoms with van der Waals surface area (Å²) < 4.78 is 20.2. The fourth-order valence-corrected chi connectivity index (χ4v) is 1.09. The summed E-state index contributed by atoms with van der Waals surface area (Å²) in [7, 11) is 0. The van der Waals surface area contributed by atoms with Crippen LogP contribution in [0.1, 0.15) is 0 Å². The molecule has 0 saturated carbocycles. The van der Waals surface area contributed by atoms with E-state index in [0.29, 0.717) is 0 Å². The molecule has 0 aromatic heterocycles. The van der Waals surface area contributed by atoms with Crippen molar-refractivity contribution >= 4 is 59.7 Å². The predicted octanol–water partition coefficient (Wildman–Crippen LogP) is -17.5. The molecule has 0 amide bonds. The molecule has 0 rings (SSSR count). The molecule has 0 N–H and O–H groups in total. The number of ether oxygens (including phenoxy) is 5. The average Bonchev–Trinajstić information content (AvgIpc) is 2.83. The summed E-state index contributed by atoms with van der Waals surface area (Å²) in [5, 5.41) is 95.3. The summed E-state index contributed by atoms with van der Waals surface area (Å²) >= 11 is 0. The Labute approximate surface area is 285 Å². The van der Waals surface area contributed by atoms with Crippen LogP contribution in [0.25, 0.3) is 0 Å². The smallest absolute Gasteiger partial charge is 0.548 e. The van der Waals surface area contributed by atoms with Crippen LogP contribution in [0, 0.1) is 0 Å². The van der Waals surface area contributed by atoms with Crippen LogP contribution >= 0.6 is 0 Å². The van der Waals surface area contributed by atoms with Crippen LogP contribution in [0.2, 0.25) is 0 Å². The van der Waals surface area contributed by atoms with Crippen molar-refractivity contribution < 1.29 is 160 Å². The predicted molar refractivity (Wildman–Crippen MR) is 104 cm³/mol. The topological polar surface area (TPSA) is 447 Å². The number of carbonyl (C=O) groups is 10. The first kappa shape index (κ1) is 58.2. The van der Waals surface area contributed by atoms with Gasteiger partial charge in [0.2, 0.25) is 0 Å². The van der Waals surface area contributed by atoms with Gasteiger partial charge < -0.3 is 123 Å². The molecule has 0 spiro atoms. The number of hydrogen-bond acceptors (Lipinski definition) is 25. The molecule has 0 unspecified atom stereocenters. The van der Waals surface area contributed by atoms with E-state index in [1.165, 1.54) is 0 Å². The molecule has 27 heteroatoms. The van der Waals surface area contributed by atoms with E-state index in [1.807, 2.05) is 0 Å². The zero-order valence-corrected chi connectivity index (χ0v) is 26.0. The van der Waals surface area contributed by atoms with Crippen LogP contribution in [0.3, 0.4) is 0 Å². The molecule has 0 saturated heterocycles. The maximum absolute atomic E-state index is 9.53. The van der Waals surface area contributed by atoms with E-state index in [-0.39, 0.29) is 37.1 Å². The third-order valence-electron chi connectivity index (χ3n) is 2.20. The molecule has 0 aliphatic rings. The molecule has 0 fully saturated rings. The van der Waals surface area contributed by atoms with E-state index >= 15 is 0 Å². The second-order valence-electron chi connectivity index (χ2n) is 6.18. The number of carbonyl (C=O) groups excluding carboxylic acids is 10. The summed E-state index contributed by atoms with van der Waals surface area (Å²) in [6, 6.07) is 0. The third-order valence-corrected chi connectivity index (χ3v) is 2.20. The number of carboxylic acids is 10. The fraction of sp³-hybridized carbons (Fsp3) is 0.500. The summed E-state index contributed by atoms with van der Waals surface area (Å²) in [6.07, 6.45) is 0.